The largest absolute Gasteiger partial charge is 0.861 e. The molecule has 20 nitrogen and oxygen atoms in total. The SMILES string of the molecule is Nc1ncnc2c1ncn2[C@@H]1O[C@H](COP(=O)(O)OP(=O)(O)OP(=O)([O-])NCCN=C([O-])C2C=CC=C2)[C@@H](O)[C@H]1O. The average molecular weight is 639 g/mol. The minimum atomic E-state index is -5.78. The molecule has 226 valence electrons. The molecule has 1 aliphatic heterocycles. The summed E-state index contributed by atoms with van der Waals surface area (Å²) in [5.74, 6) is -1.08. The van der Waals surface area contributed by atoms with Crippen molar-refractivity contribution >= 4 is 46.3 Å². The van der Waals surface area contributed by atoms with Crippen LogP contribution in [0, 0.1) is 5.92 Å². The molecule has 1 aliphatic carbocycles. The van der Waals surface area contributed by atoms with E-state index in [1.165, 1.54) is 10.9 Å². The first-order chi connectivity index (χ1) is 19.2. The van der Waals surface area contributed by atoms with Gasteiger partial charge in [-0.05, 0) is 5.90 Å². The zero-order chi connectivity index (χ0) is 30.0. The predicted molar refractivity (Wildman–Crippen MR) is 133 cm³/mol. The van der Waals surface area contributed by atoms with Crippen molar-refractivity contribution in [3.63, 3.8) is 0 Å². The highest BCUT2D eigenvalue weighted by Crippen LogP contribution is 2.65. The highest BCUT2D eigenvalue weighted by atomic mass is 31.3. The molecule has 2 aliphatic rings. The van der Waals surface area contributed by atoms with Crippen molar-refractivity contribution in [3.8, 4) is 0 Å². The molecular formula is C18H24N7O13P3-2. The Morgan fingerprint density at radius 3 is 2.54 bits per heavy atom. The first-order valence-corrected chi connectivity index (χ1v) is 16.0. The number of nitrogen functional groups attached to an aromatic ring is 1. The molecule has 3 heterocycles. The third kappa shape index (κ3) is 7.91. The van der Waals surface area contributed by atoms with Gasteiger partial charge in [0.25, 0.3) is 0 Å². The number of ether oxygens (including phenoxy) is 1. The Kier molecular flexibility index (Phi) is 9.57. The van der Waals surface area contributed by atoms with Gasteiger partial charge in [0, 0.05) is 12.5 Å². The number of hydrogen-bond acceptors (Lipinski definition) is 16. The molecule has 1 saturated heterocycles. The fraction of sp³-hybridized carbons (Fsp3) is 0.444. The Bertz CT molecular complexity index is 1490. The summed E-state index contributed by atoms with van der Waals surface area (Å²) in [4.78, 5) is 46.9. The normalized spacial score (nSPS) is 27.7. The van der Waals surface area contributed by atoms with Crippen LogP contribution in [-0.2, 0) is 31.6 Å². The molecule has 0 amide bonds. The van der Waals surface area contributed by atoms with E-state index in [-0.39, 0.29) is 23.5 Å². The van der Waals surface area contributed by atoms with E-state index in [0.29, 0.717) is 0 Å². The zero-order valence-corrected chi connectivity index (χ0v) is 23.3. The maximum Gasteiger partial charge on any atom is 0.486 e. The molecule has 23 heteroatoms. The van der Waals surface area contributed by atoms with Crippen molar-refractivity contribution in [2.45, 2.75) is 24.5 Å². The summed E-state index contributed by atoms with van der Waals surface area (Å²) in [5.41, 5.74) is 6.04. The average Bonchev–Trinajstić information content (AvgIpc) is 3.61. The molecular weight excluding hydrogens is 615 g/mol. The number of aliphatic hydroxyl groups is 2. The second-order valence-electron chi connectivity index (χ2n) is 8.45. The Hall–Kier alpha value is -2.41. The summed E-state index contributed by atoms with van der Waals surface area (Å²) in [5, 5.41) is 34.3. The van der Waals surface area contributed by atoms with Gasteiger partial charge < -0.3 is 45.5 Å². The van der Waals surface area contributed by atoms with Gasteiger partial charge in [-0.1, -0.05) is 24.3 Å². The van der Waals surface area contributed by atoms with Crippen LogP contribution in [0.5, 0.6) is 0 Å². The number of phosphoric ester groups is 1. The molecule has 41 heavy (non-hydrogen) atoms. The summed E-state index contributed by atoms with van der Waals surface area (Å²) in [6.07, 6.45) is 2.64. The van der Waals surface area contributed by atoms with Crippen molar-refractivity contribution in [1.29, 1.82) is 0 Å². The standard InChI is InChI=1S/C18H26N7O13P3/c19-15-12-16(22-8-21-15)25(9-23-12)18-14(27)13(26)11(36-18)7-35-40(31,32)38-41(33,34)37-39(29,30)24-6-5-20-17(28)10-3-1-2-4-10/h1-4,8-11,13-14,18,26-27H,5-7H2,(H,20,28)(H,31,32)(H,33,34)(H2,19,21,22)(H2,24,29,30)/p-2/t11-,13-,14-,18-/m1/s1. The lowest BCUT2D eigenvalue weighted by molar-refractivity contribution is -0.221. The number of aliphatic hydroxyl groups excluding tert-OH is 2. The van der Waals surface area contributed by atoms with Crippen LogP contribution in [-0.4, -0.2) is 83.4 Å². The van der Waals surface area contributed by atoms with E-state index in [1.807, 2.05) is 0 Å². The van der Waals surface area contributed by atoms with E-state index in [4.69, 9.17) is 10.5 Å². The minimum Gasteiger partial charge on any atom is -0.861 e. The van der Waals surface area contributed by atoms with E-state index in [0.717, 1.165) is 6.33 Å². The van der Waals surface area contributed by atoms with Crippen molar-refractivity contribution < 1.29 is 61.6 Å². The van der Waals surface area contributed by atoms with Gasteiger partial charge in [-0.25, -0.2) is 28.4 Å². The molecule has 0 aromatic carbocycles. The van der Waals surface area contributed by atoms with Crippen LogP contribution < -0.4 is 20.8 Å². The molecule has 3 unspecified atom stereocenters. The van der Waals surface area contributed by atoms with Gasteiger partial charge in [-0.2, -0.15) is 4.31 Å². The number of fused-ring (bicyclic) bond motifs is 1. The number of nitrogens with one attached hydrogen (secondary N) is 1. The number of imidazole rings is 1. The number of rotatable bonds is 13. The van der Waals surface area contributed by atoms with Gasteiger partial charge >= 0.3 is 15.6 Å². The summed E-state index contributed by atoms with van der Waals surface area (Å²) in [6, 6.07) is 0. The van der Waals surface area contributed by atoms with Gasteiger partial charge in [0.05, 0.1) is 19.5 Å². The monoisotopic (exact) mass is 639 g/mol. The molecule has 0 spiro atoms. The Labute approximate surface area is 230 Å². The Balaban J connectivity index is 1.29. The number of phosphoric acid groups is 2. The molecule has 2 aromatic heterocycles. The third-order valence-corrected chi connectivity index (χ3v) is 9.96. The summed E-state index contributed by atoms with van der Waals surface area (Å²) in [7, 11) is -16.6. The predicted octanol–water partition coefficient (Wildman–Crippen LogP) is -2.16. The topological polar surface area (TPSA) is 309 Å². The Morgan fingerprint density at radius 2 is 1.83 bits per heavy atom. The Morgan fingerprint density at radius 1 is 1.12 bits per heavy atom. The highest BCUT2D eigenvalue weighted by Gasteiger charge is 2.46. The third-order valence-electron chi connectivity index (χ3n) is 5.54. The number of aromatic nitrogens is 4. The summed E-state index contributed by atoms with van der Waals surface area (Å²) in [6.45, 7) is -1.82. The van der Waals surface area contributed by atoms with Crippen LogP contribution in [0.3, 0.4) is 0 Å². The first kappa shape index (κ1) is 31.5. The lowest BCUT2D eigenvalue weighted by Gasteiger charge is -2.26. The molecule has 7 atom stereocenters. The van der Waals surface area contributed by atoms with Crippen molar-refractivity contribution in [2.75, 3.05) is 25.4 Å². The highest BCUT2D eigenvalue weighted by molar-refractivity contribution is 7.67. The fourth-order valence-electron chi connectivity index (χ4n) is 3.71. The smallest absolute Gasteiger partial charge is 0.486 e. The van der Waals surface area contributed by atoms with Crippen LogP contribution >= 0.6 is 23.4 Å². The van der Waals surface area contributed by atoms with Crippen LogP contribution in [0.25, 0.3) is 11.2 Å². The van der Waals surface area contributed by atoms with Crippen molar-refractivity contribution in [3.05, 3.63) is 37.0 Å². The number of hydrogen-bond donors (Lipinski definition) is 6. The number of aliphatic imine (C=N–C) groups is 1. The molecule has 1 fully saturated rings. The molecule has 7 N–H and O–H groups in total. The van der Waals surface area contributed by atoms with Gasteiger partial charge in [-0.15, -0.1) is 0 Å². The molecule has 0 bridgehead atoms. The summed E-state index contributed by atoms with van der Waals surface area (Å²) >= 11 is 0. The van der Waals surface area contributed by atoms with Crippen LogP contribution in [0.1, 0.15) is 6.23 Å². The molecule has 2 aromatic rings. The van der Waals surface area contributed by atoms with Gasteiger partial charge in [-0.3, -0.25) is 18.7 Å². The number of allylic oxidation sites excluding steroid dienone is 2. The number of anilines is 1. The lowest BCUT2D eigenvalue weighted by Crippen LogP contribution is -2.33. The summed E-state index contributed by atoms with van der Waals surface area (Å²) < 4.78 is 55.5. The second kappa shape index (κ2) is 12.4. The van der Waals surface area contributed by atoms with Crippen LogP contribution in [0.4, 0.5) is 5.82 Å². The van der Waals surface area contributed by atoms with Crippen molar-refractivity contribution in [2.24, 2.45) is 10.9 Å². The van der Waals surface area contributed by atoms with E-state index in [9.17, 15) is 43.7 Å². The lowest BCUT2D eigenvalue weighted by atomic mass is 10.1. The maximum atomic E-state index is 12.2. The van der Waals surface area contributed by atoms with E-state index in [2.05, 4.69) is 33.1 Å². The van der Waals surface area contributed by atoms with Gasteiger partial charge in [0.15, 0.2) is 17.7 Å². The minimum absolute atomic E-state index is 0.0354. The quantitative estimate of drug-likeness (QED) is 0.0588. The van der Waals surface area contributed by atoms with Gasteiger partial charge in [0.1, 0.15) is 30.2 Å². The van der Waals surface area contributed by atoms with Crippen molar-refractivity contribution in [1.82, 2.24) is 24.6 Å². The molecule has 4 rings (SSSR count). The van der Waals surface area contributed by atoms with E-state index >= 15 is 0 Å². The van der Waals surface area contributed by atoms with E-state index in [1.54, 1.807) is 29.4 Å². The van der Waals surface area contributed by atoms with Crippen LogP contribution in [0.2, 0.25) is 0 Å². The molecule has 0 saturated carbocycles. The first-order valence-electron chi connectivity index (χ1n) is 11.5. The zero-order valence-electron chi connectivity index (χ0n) is 20.6. The molecule has 0 radical (unpaired) electrons. The van der Waals surface area contributed by atoms with Gasteiger partial charge in [0.2, 0.25) is 7.75 Å². The second-order valence-corrected chi connectivity index (χ2v) is 13.2. The van der Waals surface area contributed by atoms with Crippen LogP contribution in [0.15, 0.2) is 42.0 Å². The maximum absolute atomic E-state index is 12.2. The van der Waals surface area contributed by atoms with E-state index < -0.39 is 72.9 Å². The number of nitrogens with two attached hydrogens (primary N) is 1. The number of nitrogens with zero attached hydrogens (tertiary/aromatic N) is 5. The fourth-order valence-corrected chi connectivity index (χ4v) is 7.36.